The predicted molar refractivity (Wildman–Crippen MR) is 106 cm³/mol. The van der Waals surface area contributed by atoms with Crippen LogP contribution < -0.4 is 10.2 Å². The molecule has 146 valence electrons. The number of anilines is 1. The van der Waals surface area contributed by atoms with Gasteiger partial charge in [0.1, 0.15) is 0 Å². The van der Waals surface area contributed by atoms with Crippen LogP contribution in [0.25, 0.3) is 0 Å². The fraction of sp³-hybridized carbons (Fsp3) is 0.632. The van der Waals surface area contributed by atoms with Gasteiger partial charge in [0.15, 0.2) is 0 Å². The molecule has 1 N–H and O–H groups in total. The van der Waals surface area contributed by atoms with Crippen molar-refractivity contribution in [2.24, 2.45) is 5.92 Å². The van der Waals surface area contributed by atoms with Gasteiger partial charge in [-0.1, -0.05) is 0 Å². The summed E-state index contributed by atoms with van der Waals surface area (Å²) in [5, 5.41) is 2.99. The van der Waals surface area contributed by atoms with Crippen LogP contribution in [-0.2, 0) is 10.0 Å². The van der Waals surface area contributed by atoms with E-state index in [1.165, 1.54) is 10.6 Å². The monoisotopic (exact) mass is 381 g/mol. The molecule has 6 nitrogen and oxygen atoms in total. The summed E-state index contributed by atoms with van der Waals surface area (Å²) in [6, 6.07) is 8.12. The molecule has 0 radical (unpaired) electrons. The van der Waals surface area contributed by atoms with Crippen molar-refractivity contribution >= 4 is 21.6 Å². The van der Waals surface area contributed by atoms with E-state index in [9.17, 15) is 13.2 Å². The van der Waals surface area contributed by atoms with Crippen molar-refractivity contribution < 1.29 is 13.2 Å². The largest absolute Gasteiger partial charge is 0.369 e. The number of benzene rings is 1. The van der Waals surface area contributed by atoms with E-state index >= 15 is 0 Å². The molecule has 26 heavy (non-hydrogen) atoms. The van der Waals surface area contributed by atoms with Gasteiger partial charge < -0.3 is 10.2 Å². The molecule has 1 aromatic rings. The van der Waals surface area contributed by atoms with E-state index in [1.807, 2.05) is 24.3 Å². The van der Waals surface area contributed by atoms with E-state index in [1.54, 1.807) is 0 Å². The summed E-state index contributed by atoms with van der Waals surface area (Å²) in [6.07, 6.45) is 2.82. The molecule has 0 saturated carbocycles. The fourth-order valence-corrected chi connectivity index (χ4v) is 4.31. The van der Waals surface area contributed by atoms with Crippen LogP contribution in [0.15, 0.2) is 24.3 Å². The van der Waals surface area contributed by atoms with E-state index < -0.39 is 10.0 Å². The van der Waals surface area contributed by atoms with Gasteiger partial charge in [-0.15, -0.1) is 0 Å². The molecule has 1 aromatic carbocycles. The number of sulfonamides is 1. The van der Waals surface area contributed by atoms with Crippen LogP contribution >= 0.6 is 0 Å². The van der Waals surface area contributed by atoms with Crippen molar-refractivity contribution in [3.8, 4) is 0 Å². The van der Waals surface area contributed by atoms with Crippen molar-refractivity contribution in [1.29, 1.82) is 0 Å². The van der Waals surface area contributed by atoms with Crippen molar-refractivity contribution in [2.75, 3.05) is 37.3 Å². The van der Waals surface area contributed by atoms with E-state index in [0.29, 0.717) is 37.2 Å². The number of carbonyl (C=O) groups excluding carboxylic acids is 1. The van der Waals surface area contributed by atoms with E-state index in [2.05, 4.69) is 31.0 Å². The van der Waals surface area contributed by atoms with Gasteiger partial charge in [0, 0.05) is 43.5 Å². The lowest BCUT2D eigenvalue weighted by Gasteiger charge is -2.30. The Bertz CT molecular complexity index is 693. The molecule has 1 fully saturated rings. The second kappa shape index (κ2) is 8.86. The first-order valence-corrected chi connectivity index (χ1v) is 11.2. The molecule has 1 aliphatic rings. The van der Waals surface area contributed by atoms with Gasteiger partial charge >= 0.3 is 0 Å². The highest BCUT2D eigenvalue weighted by atomic mass is 32.2. The Labute approximate surface area is 157 Å². The van der Waals surface area contributed by atoms with E-state index in [-0.39, 0.29) is 5.91 Å². The molecule has 7 heteroatoms. The molecule has 1 saturated heterocycles. The number of rotatable bonds is 7. The van der Waals surface area contributed by atoms with Gasteiger partial charge in [0.25, 0.3) is 5.91 Å². The number of nitrogens with zero attached hydrogens (tertiary/aromatic N) is 2. The SMILES string of the molecule is CCN(c1ccc(C(=O)NCC2CCN(S(C)(=O)=O)CC2)cc1)C(C)C. The maximum atomic E-state index is 12.4. The minimum Gasteiger partial charge on any atom is -0.369 e. The minimum absolute atomic E-state index is 0.0744. The number of nitrogens with one attached hydrogen (secondary N) is 1. The third-order valence-electron chi connectivity index (χ3n) is 5.02. The van der Waals surface area contributed by atoms with Gasteiger partial charge in [-0.05, 0) is 63.8 Å². The van der Waals surface area contributed by atoms with Gasteiger partial charge in [0.2, 0.25) is 10.0 Å². The second-order valence-electron chi connectivity index (χ2n) is 7.24. The van der Waals surface area contributed by atoms with Crippen LogP contribution in [0.3, 0.4) is 0 Å². The first kappa shape index (κ1) is 20.7. The van der Waals surface area contributed by atoms with Crippen LogP contribution in [-0.4, -0.2) is 57.1 Å². The van der Waals surface area contributed by atoms with Crippen molar-refractivity contribution in [2.45, 2.75) is 39.7 Å². The quantitative estimate of drug-likeness (QED) is 0.787. The van der Waals surface area contributed by atoms with Crippen molar-refractivity contribution in [3.63, 3.8) is 0 Å². The third kappa shape index (κ3) is 5.45. The molecule has 0 spiro atoms. The maximum absolute atomic E-state index is 12.4. The first-order valence-electron chi connectivity index (χ1n) is 9.32. The van der Waals surface area contributed by atoms with Gasteiger partial charge in [0.05, 0.1) is 6.26 Å². The molecule has 2 rings (SSSR count). The second-order valence-corrected chi connectivity index (χ2v) is 9.22. The summed E-state index contributed by atoms with van der Waals surface area (Å²) in [7, 11) is -3.10. The Kier molecular flexibility index (Phi) is 7.06. The zero-order valence-electron chi connectivity index (χ0n) is 16.2. The molecule has 1 amide bonds. The fourth-order valence-electron chi connectivity index (χ4n) is 3.43. The topological polar surface area (TPSA) is 69.7 Å². The number of hydrogen-bond donors (Lipinski definition) is 1. The average Bonchev–Trinajstić information content (AvgIpc) is 2.60. The molecule has 1 aliphatic heterocycles. The lowest BCUT2D eigenvalue weighted by atomic mass is 9.98. The number of carbonyl (C=O) groups is 1. The highest BCUT2D eigenvalue weighted by Gasteiger charge is 2.25. The minimum atomic E-state index is -3.10. The van der Waals surface area contributed by atoms with Gasteiger partial charge in [-0.25, -0.2) is 12.7 Å². The lowest BCUT2D eigenvalue weighted by molar-refractivity contribution is 0.0941. The molecule has 1 heterocycles. The zero-order valence-corrected chi connectivity index (χ0v) is 17.1. The number of hydrogen-bond acceptors (Lipinski definition) is 4. The van der Waals surface area contributed by atoms with Crippen LogP contribution in [0.1, 0.15) is 44.0 Å². The molecule has 0 unspecified atom stereocenters. The van der Waals surface area contributed by atoms with Crippen LogP contribution in [0.2, 0.25) is 0 Å². The van der Waals surface area contributed by atoms with E-state index in [4.69, 9.17) is 0 Å². The summed E-state index contributed by atoms with van der Waals surface area (Å²) in [5.74, 6) is 0.252. The smallest absolute Gasteiger partial charge is 0.251 e. The van der Waals surface area contributed by atoms with Gasteiger partial charge in [-0.3, -0.25) is 4.79 Å². The number of piperidine rings is 1. The third-order valence-corrected chi connectivity index (χ3v) is 6.32. The summed E-state index contributed by atoms with van der Waals surface area (Å²) in [5.41, 5.74) is 1.77. The Balaban J connectivity index is 1.85. The standard InChI is InChI=1S/C19H31N3O3S/c1-5-22(15(2)3)18-8-6-17(7-9-18)19(23)20-14-16-10-12-21(13-11-16)26(4,24)25/h6-9,15-16H,5,10-14H2,1-4H3,(H,20,23). The van der Waals surface area contributed by atoms with E-state index in [0.717, 1.165) is 25.1 Å². The Morgan fingerprint density at radius 2 is 1.81 bits per heavy atom. The number of amides is 1. The zero-order chi connectivity index (χ0) is 19.3. The van der Waals surface area contributed by atoms with Crippen LogP contribution in [0.4, 0.5) is 5.69 Å². The molecular weight excluding hydrogens is 350 g/mol. The molecule has 0 aromatic heterocycles. The Hall–Kier alpha value is -1.60. The highest BCUT2D eigenvalue weighted by Crippen LogP contribution is 2.20. The maximum Gasteiger partial charge on any atom is 0.251 e. The van der Waals surface area contributed by atoms with Crippen LogP contribution in [0, 0.1) is 5.92 Å². The summed E-state index contributed by atoms with van der Waals surface area (Å²) in [6.45, 7) is 9.01. The van der Waals surface area contributed by atoms with Crippen molar-refractivity contribution in [3.05, 3.63) is 29.8 Å². The summed E-state index contributed by atoms with van der Waals surface area (Å²) in [4.78, 5) is 14.6. The average molecular weight is 382 g/mol. The molecule has 0 atom stereocenters. The molecule has 0 aliphatic carbocycles. The lowest BCUT2D eigenvalue weighted by Crippen LogP contribution is -2.41. The normalized spacial score (nSPS) is 16.7. The molecule has 0 bridgehead atoms. The van der Waals surface area contributed by atoms with Crippen LogP contribution in [0.5, 0.6) is 0 Å². The summed E-state index contributed by atoms with van der Waals surface area (Å²) < 4.78 is 24.6. The predicted octanol–water partition coefficient (Wildman–Crippen LogP) is 2.32. The Morgan fingerprint density at radius 3 is 2.27 bits per heavy atom. The Morgan fingerprint density at radius 1 is 1.23 bits per heavy atom. The first-order chi connectivity index (χ1) is 12.2. The van der Waals surface area contributed by atoms with Crippen molar-refractivity contribution in [1.82, 2.24) is 9.62 Å². The molecular formula is C19H31N3O3S. The van der Waals surface area contributed by atoms with Gasteiger partial charge in [-0.2, -0.15) is 0 Å². The summed E-state index contributed by atoms with van der Waals surface area (Å²) >= 11 is 0. The highest BCUT2D eigenvalue weighted by molar-refractivity contribution is 7.88.